The molecule has 2 atom stereocenters. The fraction of sp³-hybridized carbons (Fsp3) is 0.533. The number of nitrogens with zero attached hydrogens (tertiary/aromatic N) is 9. The second-order valence-electron chi connectivity index (χ2n) is 17.9. The van der Waals surface area contributed by atoms with Crippen molar-refractivity contribution >= 4 is 45.6 Å². The van der Waals surface area contributed by atoms with E-state index in [1.165, 1.54) is 4.57 Å². The van der Waals surface area contributed by atoms with Crippen LogP contribution in [0.2, 0.25) is 0 Å². The molecule has 4 amide bonds. The molecule has 4 aliphatic rings. The number of piperazine rings is 1. The number of aromatic nitrogens is 6. The fourth-order valence-electron chi connectivity index (χ4n) is 10.4. The molecule has 0 spiro atoms. The zero-order valence-corrected chi connectivity index (χ0v) is 35.6. The first-order valence-corrected chi connectivity index (χ1v) is 22.2. The van der Waals surface area contributed by atoms with Crippen molar-refractivity contribution in [3.8, 4) is 0 Å². The van der Waals surface area contributed by atoms with Crippen LogP contribution in [0.3, 0.4) is 0 Å². The number of likely N-dealkylation sites (tertiary alicyclic amines) is 1. The lowest BCUT2D eigenvalue weighted by Gasteiger charge is -2.42. The lowest BCUT2D eigenvalue weighted by atomic mass is 9.84. The summed E-state index contributed by atoms with van der Waals surface area (Å²) in [7, 11) is 3.56. The number of benzene rings is 2. The van der Waals surface area contributed by atoms with Gasteiger partial charge in [-0.2, -0.15) is 0 Å². The van der Waals surface area contributed by atoms with Gasteiger partial charge in [-0.25, -0.2) is 9.18 Å². The molecule has 4 fully saturated rings. The Morgan fingerprint density at radius 2 is 1.74 bits per heavy atom. The molecule has 9 rings (SSSR count). The maximum Gasteiger partial charge on any atom is 0.329 e. The second kappa shape index (κ2) is 17.6. The highest BCUT2D eigenvalue weighted by Crippen LogP contribution is 2.34. The molecule has 17 heteroatoms. The van der Waals surface area contributed by atoms with Gasteiger partial charge in [0.1, 0.15) is 11.7 Å². The van der Waals surface area contributed by atoms with Crippen LogP contribution in [0.1, 0.15) is 91.4 Å². The smallest absolute Gasteiger partial charge is 0.329 e. The molecule has 6 heterocycles. The number of amides is 4. The summed E-state index contributed by atoms with van der Waals surface area (Å²) in [6.45, 7) is 6.86. The zero-order valence-electron chi connectivity index (χ0n) is 35.6. The number of H-pyrrole nitrogens is 1. The minimum absolute atomic E-state index is 0.0250. The van der Waals surface area contributed by atoms with Crippen molar-refractivity contribution in [1.82, 2.24) is 54.0 Å². The number of hydrogen-bond acceptors (Lipinski definition) is 9. The van der Waals surface area contributed by atoms with Crippen molar-refractivity contribution in [3.05, 3.63) is 81.9 Å². The number of carbonyl (C=O) groups excluding carboxylic acids is 4. The Bertz CT molecular complexity index is 2530. The van der Waals surface area contributed by atoms with Gasteiger partial charge in [0, 0.05) is 103 Å². The highest BCUT2D eigenvalue weighted by molar-refractivity contribution is 6.00. The molecule has 1 aliphatic carbocycles. The summed E-state index contributed by atoms with van der Waals surface area (Å²) in [6, 6.07) is 11.3. The van der Waals surface area contributed by atoms with E-state index in [1.807, 2.05) is 42.3 Å². The van der Waals surface area contributed by atoms with E-state index in [-0.39, 0.29) is 41.6 Å². The molecule has 1 unspecified atom stereocenters. The van der Waals surface area contributed by atoms with E-state index in [0.717, 1.165) is 82.3 Å². The van der Waals surface area contributed by atoms with E-state index in [1.54, 1.807) is 39.7 Å². The summed E-state index contributed by atoms with van der Waals surface area (Å²) in [4.78, 5) is 76.0. The SMILES string of the molecule is CN(CC1CCC(N2CCN(Cc3ccc4c(c3)n(C)c(=O)n4C3CCC(=O)NC3=O)CC2)CC1)C(=O)c1cc2ccc([C@@H]3CCCN(C(=O)CCn4ccnn4)C3)c(F)c2[nH]1. The first-order chi connectivity index (χ1) is 30.0. The van der Waals surface area contributed by atoms with Crippen LogP contribution >= 0.6 is 0 Å². The summed E-state index contributed by atoms with van der Waals surface area (Å²) < 4.78 is 20.9. The number of hydrogen-bond donors (Lipinski definition) is 2. The van der Waals surface area contributed by atoms with Crippen molar-refractivity contribution in [3.63, 3.8) is 0 Å². The molecule has 62 heavy (non-hydrogen) atoms. The van der Waals surface area contributed by atoms with Gasteiger partial charge in [-0.1, -0.05) is 23.4 Å². The molecule has 3 saturated heterocycles. The van der Waals surface area contributed by atoms with E-state index in [9.17, 15) is 24.0 Å². The lowest BCUT2D eigenvalue weighted by Crippen LogP contribution is -2.51. The molecule has 2 aromatic carbocycles. The predicted octanol–water partition coefficient (Wildman–Crippen LogP) is 3.77. The largest absolute Gasteiger partial charge is 0.348 e. The maximum atomic E-state index is 16.1. The van der Waals surface area contributed by atoms with Gasteiger partial charge in [0.2, 0.25) is 17.7 Å². The number of fused-ring (bicyclic) bond motifs is 2. The van der Waals surface area contributed by atoms with Gasteiger partial charge in [0.05, 0.1) is 29.3 Å². The van der Waals surface area contributed by atoms with E-state index in [2.05, 4.69) is 30.4 Å². The Kier molecular flexibility index (Phi) is 11.8. The van der Waals surface area contributed by atoms with Crippen molar-refractivity contribution in [2.45, 2.75) is 88.9 Å². The minimum Gasteiger partial charge on any atom is -0.348 e. The van der Waals surface area contributed by atoms with Crippen molar-refractivity contribution in [2.24, 2.45) is 13.0 Å². The zero-order chi connectivity index (χ0) is 43.1. The van der Waals surface area contributed by atoms with Crippen molar-refractivity contribution < 1.29 is 23.6 Å². The Morgan fingerprint density at radius 1 is 0.935 bits per heavy atom. The number of aromatic amines is 1. The summed E-state index contributed by atoms with van der Waals surface area (Å²) in [5, 5.41) is 10.8. The molecular formula is C45H56FN11O5. The Labute approximate surface area is 359 Å². The molecule has 328 valence electrons. The Hall–Kier alpha value is -5.68. The molecule has 5 aromatic rings. The van der Waals surface area contributed by atoms with Crippen LogP contribution in [0.4, 0.5) is 4.39 Å². The molecule has 0 bridgehead atoms. The lowest BCUT2D eigenvalue weighted by molar-refractivity contribution is -0.136. The highest BCUT2D eigenvalue weighted by atomic mass is 19.1. The van der Waals surface area contributed by atoms with Gasteiger partial charge in [0.25, 0.3) is 5.91 Å². The number of imidazole rings is 1. The molecule has 3 aliphatic heterocycles. The van der Waals surface area contributed by atoms with Crippen LogP contribution in [-0.4, -0.2) is 131 Å². The Morgan fingerprint density at radius 3 is 2.50 bits per heavy atom. The van der Waals surface area contributed by atoms with Crippen LogP contribution in [0.15, 0.2) is 53.6 Å². The van der Waals surface area contributed by atoms with Crippen LogP contribution in [-0.2, 0) is 34.5 Å². The average molecular weight is 850 g/mol. The Balaban J connectivity index is 0.741. The second-order valence-corrected chi connectivity index (χ2v) is 17.9. The fourth-order valence-corrected chi connectivity index (χ4v) is 10.4. The first kappa shape index (κ1) is 41.7. The van der Waals surface area contributed by atoms with Crippen LogP contribution in [0.25, 0.3) is 21.9 Å². The number of piperidine rings is 2. The summed E-state index contributed by atoms with van der Waals surface area (Å²) >= 11 is 0. The molecule has 3 aromatic heterocycles. The van der Waals surface area contributed by atoms with Gasteiger partial charge < -0.3 is 14.8 Å². The normalized spacial score (nSPS) is 23.0. The minimum atomic E-state index is -0.697. The van der Waals surface area contributed by atoms with E-state index < -0.39 is 11.9 Å². The topological polar surface area (TPSA) is 167 Å². The average Bonchev–Trinajstić information content (AvgIpc) is 4.03. The number of carbonyl (C=O) groups is 4. The van der Waals surface area contributed by atoms with E-state index in [0.29, 0.717) is 78.7 Å². The number of nitrogens with one attached hydrogen (secondary N) is 2. The highest BCUT2D eigenvalue weighted by Gasteiger charge is 2.33. The van der Waals surface area contributed by atoms with E-state index in [4.69, 9.17) is 0 Å². The monoisotopic (exact) mass is 849 g/mol. The third-order valence-corrected chi connectivity index (χ3v) is 13.9. The van der Waals surface area contributed by atoms with Crippen LogP contribution in [0.5, 0.6) is 0 Å². The molecule has 0 radical (unpaired) electrons. The van der Waals surface area contributed by atoms with Crippen LogP contribution in [0, 0.1) is 11.7 Å². The van der Waals surface area contributed by atoms with E-state index >= 15 is 4.39 Å². The van der Waals surface area contributed by atoms with Gasteiger partial charge in [0.15, 0.2) is 5.82 Å². The molecule has 1 saturated carbocycles. The van der Waals surface area contributed by atoms with Crippen molar-refractivity contribution in [2.75, 3.05) is 52.9 Å². The third kappa shape index (κ3) is 8.43. The quantitative estimate of drug-likeness (QED) is 0.188. The maximum absolute atomic E-state index is 16.1. The molecule has 16 nitrogen and oxygen atoms in total. The predicted molar refractivity (Wildman–Crippen MR) is 230 cm³/mol. The van der Waals surface area contributed by atoms with Gasteiger partial charge in [-0.15, -0.1) is 5.10 Å². The summed E-state index contributed by atoms with van der Waals surface area (Å²) in [6.07, 6.45) is 10.0. The summed E-state index contributed by atoms with van der Waals surface area (Å²) in [5.74, 6) is -0.922. The number of imide groups is 1. The van der Waals surface area contributed by atoms with Crippen LogP contribution < -0.4 is 11.0 Å². The van der Waals surface area contributed by atoms with Gasteiger partial charge in [-0.05, 0) is 80.2 Å². The first-order valence-electron chi connectivity index (χ1n) is 22.2. The van der Waals surface area contributed by atoms with Gasteiger partial charge >= 0.3 is 5.69 Å². The third-order valence-electron chi connectivity index (χ3n) is 13.9. The molecule has 2 N–H and O–H groups in total. The summed E-state index contributed by atoms with van der Waals surface area (Å²) in [5.41, 5.74) is 3.62. The number of aryl methyl sites for hydroxylation is 2. The molecular weight excluding hydrogens is 794 g/mol. The number of halogens is 1. The van der Waals surface area contributed by atoms with Gasteiger partial charge in [-0.3, -0.25) is 48.1 Å². The van der Waals surface area contributed by atoms with Crippen molar-refractivity contribution in [1.29, 1.82) is 0 Å². The number of rotatable bonds is 11. The standard InChI is InChI=1S/C45H56FN11O5/c1-51(44(61)35-25-31-8-11-34(41(46)42(31)48-35)32-4-3-17-55(28-32)40(59)15-18-56-19-16-47-50-56)26-29-5-9-33(10-6-29)54-22-20-53(21-23-54)27-30-7-12-36-38(24-30)52(2)45(62)57(36)37-13-14-39(58)49-43(37)60/h7-8,11-12,16,19,24-25,29,32-33,37,48H,3-6,9-10,13-15,17-18,20-23,26-28H2,1-2H3,(H,49,58,60)/t29?,32-,33?,37?/m1/s1.